The Labute approximate surface area is 230 Å². The Morgan fingerprint density at radius 3 is 2.49 bits per heavy atom. The lowest BCUT2D eigenvalue weighted by Gasteiger charge is -2.32. The number of tetrazole rings is 1. The summed E-state index contributed by atoms with van der Waals surface area (Å²) in [5.74, 6) is 2.56. The van der Waals surface area contributed by atoms with Crippen LogP contribution in [-0.4, -0.2) is 55.9 Å². The molecule has 0 unspecified atom stereocenters. The molecule has 0 atom stereocenters. The largest absolute Gasteiger partial charge is 0.371 e. The molecule has 1 saturated carbocycles. The van der Waals surface area contributed by atoms with Crippen molar-refractivity contribution in [3.05, 3.63) is 48.0 Å². The number of amidine groups is 1. The van der Waals surface area contributed by atoms with Crippen molar-refractivity contribution in [3.63, 3.8) is 0 Å². The maximum Gasteiger partial charge on any atom is 0.256 e. The summed E-state index contributed by atoms with van der Waals surface area (Å²) in [4.78, 5) is 23.1. The molecule has 6 rings (SSSR count). The van der Waals surface area contributed by atoms with Crippen molar-refractivity contribution < 1.29 is 4.79 Å². The monoisotopic (exact) mass is 525 g/mol. The molecule has 8 heteroatoms. The fourth-order valence-corrected chi connectivity index (χ4v) is 6.38. The first-order valence-corrected chi connectivity index (χ1v) is 14.7. The quantitative estimate of drug-likeness (QED) is 0.389. The van der Waals surface area contributed by atoms with E-state index in [0.29, 0.717) is 12.4 Å². The Morgan fingerprint density at radius 1 is 1.03 bits per heavy atom. The first-order chi connectivity index (χ1) is 19.1. The summed E-state index contributed by atoms with van der Waals surface area (Å²) in [7, 11) is 0. The molecular formula is C31H39N7O. The predicted molar refractivity (Wildman–Crippen MR) is 154 cm³/mol. The number of hydrogen-bond donors (Lipinski definition) is 1. The van der Waals surface area contributed by atoms with Crippen molar-refractivity contribution in [1.82, 2.24) is 25.5 Å². The van der Waals surface area contributed by atoms with E-state index < -0.39 is 5.54 Å². The third-order valence-corrected chi connectivity index (χ3v) is 8.83. The number of nitrogens with one attached hydrogen (secondary N) is 1. The average Bonchev–Trinajstić information content (AvgIpc) is 3.72. The molecule has 0 radical (unpaired) electrons. The minimum absolute atomic E-state index is 0.207. The summed E-state index contributed by atoms with van der Waals surface area (Å²) in [6.45, 7) is 7.26. The normalized spacial score (nSPS) is 19.3. The van der Waals surface area contributed by atoms with Gasteiger partial charge < -0.3 is 4.90 Å². The van der Waals surface area contributed by atoms with Gasteiger partial charge in [0.2, 0.25) is 5.82 Å². The second kappa shape index (κ2) is 10.9. The number of piperidine rings is 1. The third-order valence-electron chi connectivity index (χ3n) is 8.83. The molecule has 0 bridgehead atoms. The number of nitrogens with zero attached hydrogens (tertiary/aromatic N) is 6. The average molecular weight is 526 g/mol. The van der Waals surface area contributed by atoms with Crippen molar-refractivity contribution in [2.24, 2.45) is 10.9 Å². The number of amides is 1. The Kier molecular flexibility index (Phi) is 7.19. The zero-order valence-corrected chi connectivity index (χ0v) is 23.2. The Hall–Kier alpha value is -3.55. The lowest BCUT2D eigenvalue weighted by molar-refractivity contribution is -0.131. The van der Waals surface area contributed by atoms with Crippen molar-refractivity contribution in [2.45, 2.75) is 83.7 Å². The van der Waals surface area contributed by atoms with Crippen LogP contribution < -0.4 is 4.90 Å². The highest BCUT2D eigenvalue weighted by molar-refractivity contribution is 6.08. The second-order valence-electron chi connectivity index (χ2n) is 11.6. The van der Waals surface area contributed by atoms with Gasteiger partial charge in [0.05, 0.1) is 6.54 Å². The first kappa shape index (κ1) is 25.7. The first-order valence-electron chi connectivity index (χ1n) is 14.7. The van der Waals surface area contributed by atoms with E-state index in [9.17, 15) is 4.79 Å². The number of anilines is 1. The Morgan fingerprint density at radius 2 is 1.79 bits per heavy atom. The van der Waals surface area contributed by atoms with Crippen molar-refractivity contribution in [2.75, 3.05) is 18.0 Å². The Bertz CT molecular complexity index is 1320. The summed E-state index contributed by atoms with van der Waals surface area (Å²) in [6.07, 6.45) is 9.44. The number of aromatic amines is 1. The molecule has 1 aliphatic carbocycles. The number of carbonyl (C=O) groups is 1. The molecule has 3 aliphatic rings. The van der Waals surface area contributed by atoms with Crippen LogP contribution >= 0.6 is 0 Å². The van der Waals surface area contributed by atoms with Gasteiger partial charge in [-0.05, 0) is 78.1 Å². The number of H-pyrrole nitrogens is 1. The zero-order valence-electron chi connectivity index (χ0n) is 23.2. The summed E-state index contributed by atoms with van der Waals surface area (Å²) < 4.78 is 0. The van der Waals surface area contributed by atoms with Crippen LogP contribution in [0.1, 0.15) is 77.2 Å². The van der Waals surface area contributed by atoms with Crippen LogP contribution in [0.15, 0.2) is 47.5 Å². The van der Waals surface area contributed by atoms with E-state index in [4.69, 9.17) is 4.99 Å². The number of rotatable bonds is 8. The topological polar surface area (TPSA) is 90.4 Å². The molecule has 204 valence electrons. The molecule has 1 spiro atoms. The molecule has 3 aromatic rings. The van der Waals surface area contributed by atoms with Crippen molar-refractivity contribution in [3.8, 4) is 22.5 Å². The van der Waals surface area contributed by atoms with Gasteiger partial charge >= 0.3 is 0 Å². The van der Waals surface area contributed by atoms with Crippen LogP contribution in [0.2, 0.25) is 0 Å². The number of unbranched alkanes of at least 4 members (excludes halogenated alkanes) is 1. The van der Waals surface area contributed by atoms with E-state index in [-0.39, 0.29) is 5.91 Å². The van der Waals surface area contributed by atoms with E-state index in [1.165, 1.54) is 18.5 Å². The SMILES string of the molecule is CCCCC1=NC2(CCCC2)C(=O)N1Cc1ccc(-c2cc(N3CCC(C)CC3)ccc2-c2nn[nH]n2)cc1. The number of aliphatic imine (C=N–C) groups is 1. The van der Waals surface area contributed by atoms with E-state index in [0.717, 1.165) is 92.0 Å². The number of aromatic nitrogens is 4. The second-order valence-corrected chi connectivity index (χ2v) is 11.6. The fourth-order valence-electron chi connectivity index (χ4n) is 6.38. The van der Waals surface area contributed by atoms with Gasteiger partial charge in [0, 0.05) is 30.8 Å². The van der Waals surface area contributed by atoms with Gasteiger partial charge in [-0.2, -0.15) is 5.21 Å². The van der Waals surface area contributed by atoms with Crippen LogP contribution in [0.3, 0.4) is 0 Å². The molecule has 1 aromatic heterocycles. The minimum atomic E-state index is -0.491. The Balaban J connectivity index is 1.27. The van der Waals surface area contributed by atoms with Crippen molar-refractivity contribution >= 4 is 17.4 Å². The summed E-state index contributed by atoms with van der Waals surface area (Å²) in [5.41, 5.74) is 5.01. The highest BCUT2D eigenvalue weighted by Crippen LogP contribution is 2.40. The molecular weight excluding hydrogens is 486 g/mol. The van der Waals surface area contributed by atoms with Crippen molar-refractivity contribution in [1.29, 1.82) is 0 Å². The maximum atomic E-state index is 13.6. The molecule has 1 amide bonds. The lowest BCUT2D eigenvalue weighted by Crippen LogP contribution is -2.40. The molecule has 2 fully saturated rings. The van der Waals surface area contributed by atoms with E-state index in [1.807, 2.05) is 4.90 Å². The molecule has 2 aromatic carbocycles. The minimum Gasteiger partial charge on any atom is -0.371 e. The van der Waals surface area contributed by atoms with Crippen LogP contribution in [0.5, 0.6) is 0 Å². The van der Waals surface area contributed by atoms with Crippen LogP contribution in [0.25, 0.3) is 22.5 Å². The van der Waals surface area contributed by atoms with Gasteiger partial charge in [0.15, 0.2) is 0 Å². The number of carbonyl (C=O) groups excluding carboxylic acids is 1. The van der Waals surface area contributed by atoms with Gasteiger partial charge in [0.25, 0.3) is 5.91 Å². The maximum absolute atomic E-state index is 13.6. The molecule has 3 heterocycles. The van der Waals surface area contributed by atoms with Gasteiger partial charge in [0.1, 0.15) is 11.4 Å². The molecule has 1 saturated heterocycles. The smallest absolute Gasteiger partial charge is 0.256 e. The van der Waals surface area contributed by atoms with Gasteiger partial charge in [-0.3, -0.25) is 14.7 Å². The number of hydrogen-bond acceptors (Lipinski definition) is 6. The van der Waals surface area contributed by atoms with Crippen LogP contribution in [-0.2, 0) is 11.3 Å². The summed E-state index contributed by atoms with van der Waals surface area (Å²) in [5, 5.41) is 14.9. The molecule has 8 nitrogen and oxygen atoms in total. The summed E-state index contributed by atoms with van der Waals surface area (Å²) in [6, 6.07) is 15.2. The van der Waals surface area contributed by atoms with Gasteiger partial charge in [-0.25, -0.2) is 0 Å². The van der Waals surface area contributed by atoms with Gasteiger partial charge in [-0.1, -0.05) is 57.4 Å². The molecule has 39 heavy (non-hydrogen) atoms. The molecule has 2 aliphatic heterocycles. The van der Waals surface area contributed by atoms with E-state index in [2.05, 4.69) is 81.8 Å². The predicted octanol–water partition coefficient (Wildman–Crippen LogP) is 6.01. The standard InChI is InChI=1S/C31H39N7O/c1-3-4-7-28-32-31(16-5-6-17-31)30(39)38(28)21-23-8-10-24(11-9-23)27-20-25(37-18-14-22(2)15-19-37)12-13-26(27)29-33-35-36-34-29/h8-13,20,22H,3-7,14-19,21H2,1-2H3,(H,33,34,35,36). The highest BCUT2D eigenvalue weighted by Gasteiger charge is 2.49. The van der Waals surface area contributed by atoms with E-state index >= 15 is 0 Å². The highest BCUT2D eigenvalue weighted by atomic mass is 16.2. The fraction of sp³-hybridized carbons (Fsp3) is 0.516. The van der Waals surface area contributed by atoms with Crippen LogP contribution in [0, 0.1) is 5.92 Å². The van der Waals surface area contributed by atoms with E-state index in [1.54, 1.807) is 0 Å². The third kappa shape index (κ3) is 5.09. The molecule has 1 N–H and O–H groups in total. The zero-order chi connectivity index (χ0) is 26.8. The van der Waals surface area contributed by atoms with Gasteiger partial charge in [-0.15, -0.1) is 10.2 Å². The van der Waals surface area contributed by atoms with Crippen LogP contribution in [0.4, 0.5) is 5.69 Å². The summed E-state index contributed by atoms with van der Waals surface area (Å²) >= 11 is 0. The number of benzene rings is 2. The lowest BCUT2D eigenvalue weighted by atomic mass is 9.95.